The second kappa shape index (κ2) is 8.71. The summed E-state index contributed by atoms with van der Waals surface area (Å²) in [6.07, 6.45) is 8.41. The Morgan fingerprint density at radius 2 is 2.00 bits per heavy atom. The van der Waals surface area contributed by atoms with Crippen molar-refractivity contribution >= 4 is 0 Å². The van der Waals surface area contributed by atoms with E-state index in [9.17, 15) is 5.11 Å². The lowest BCUT2D eigenvalue weighted by atomic mass is 10.0. The van der Waals surface area contributed by atoms with Crippen LogP contribution in [0.1, 0.15) is 38.2 Å². The quantitative estimate of drug-likeness (QED) is 0.677. The zero-order chi connectivity index (χ0) is 13.2. The van der Waals surface area contributed by atoms with Gasteiger partial charge in [-0.25, -0.2) is 0 Å². The molecule has 0 radical (unpaired) electrons. The van der Waals surface area contributed by atoms with E-state index in [2.05, 4.69) is 31.7 Å². The van der Waals surface area contributed by atoms with Gasteiger partial charge >= 0.3 is 0 Å². The number of allylic oxidation sites excluding steroid dienone is 3. The van der Waals surface area contributed by atoms with Crippen molar-refractivity contribution in [3.05, 3.63) is 60.2 Å². The Balaban J connectivity index is 2.27. The molecule has 0 aliphatic heterocycles. The molecule has 1 rings (SSSR count). The summed E-state index contributed by atoms with van der Waals surface area (Å²) in [6, 6.07) is 10.3. The first-order valence-corrected chi connectivity index (χ1v) is 6.79. The monoisotopic (exact) mass is 244 g/mol. The normalized spacial score (nSPS) is 13.3. The molecule has 1 heteroatoms. The summed E-state index contributed by atoms with van der Waals surface area (Å²) in [5.41, 5.74) is 2.54. The van der Waals surface area contributed by atoms with Crippen LogP contribution in [-0.2, 0) is 6.42 Å². The molecule has 0 bridgehead atoms. The van der Waals surface area contributed by atoms with Crippen molar-refractivity contribution < 1.29 is 5.11 Å². The number of aliphatic hydroxyl groups excluding tert-OH is 1. The van der Waals surface area contributed by atoms with Crippen molar-refractivity contribution in [2.75, 3.05) is 0 Å². The van der Waals surface area contributed by atoms with Gasteiger partial charge in [0.1, 0.15) is 0 Å². The largest absolute Gasteiger partial charge is 0.393 e. The van der Waals surface area contributed by atoms with Crippen molar-refractivity contribution in [1.29, 1.82) is 0 Å². The standard InChI is InChI=1S/C17H24O/c1-3-8-15(4-2)11-13-17(18)14-12-16-9-6-5-7-10-16/h4-10,17-18H,2-3,11-14H2,1H3/b15-8+. The molecule has 1 nitrogen and oxygen atoms in total. The lowest BCUT2D eigenvalue weighted by Gasteiger charge is -2.11. The molecule has 1 aromatic carbocycles. The van der Waals surface area contributed by atoms with E-state index in [1.54, 1.807) is 0 Å². The first-order valence-electron chi connectivity index (χ1n) is 6.79. The summed E-state index contributed by atoms with van der Waals surface area (Å²) < 4.78 is 0. The molecule has 1 N–H and O–H groups in total. The molecule has 0 aliphatic rings. The van der Waals surface area contributed by atoms with Gasteiger partial charge in [0.2, 0.25) is 0 Å². The third kappa shape index (κ3) is 5.83. The van der Waals surface area contributed by atoms with Gasteiger partial charge < -0.3 is 5.11 Å². The third-order valence-electron chi connectivity index (χ3n) is 3.10. The van der Waals surface area contributed by atoms with Crippen LogP contribution in [0.15, 0.2) is 54.6 Å². The van der Waals surface area contributed by atoms with Gasteiger partial charge in [0.15, 0.2) is 0 Å². The van der Waals surface area contributed by atoms with Crippen LogP contribution in [0.2, 0.25) is 0 Å². The van der Waals surface area contributed by atoms with E-state index in [0.717, 1.165) is 32.1 Å². The van der Waals surface area contributed by atoms with E-state index >= 15 is 0 Å². The molecule has 0 heterocycles. The maximum Gasteiger partial charge on any atom is 0.0546 e. The highest BCUT2D eigenvalue weighted by atomic mass is 16.3. The highest BCUT2D eigenvalue weighted by Gasteiger charge is 2.05. The van der Waals surface area contributed by atoms with Crippen LogP contribution in [0.25, 0.3) is 0 Å². The number of aryl methyl sites for hydroxylation is 1. The van der Waals surface area contributed by atoms with Crippen LogP contribution in [0.5, 0.6) is 0 Å². The summed E-state index contributed by atoms with van der Waals surface area (Å²) in [6.45, 7) is 5.92. The Labute approximate surface area is 111 Å². The third-order valence-corrected chi connectivity index (χ3v) is 3.10. The number of aliphatic hydroxyl groups is 1. The van der Waals surface area contributed by atoms with Crippen LogP contribution in [0.3, 0.4) is 0 Å². The van der Waals surface area contributed by atoms with Gasteiger partial charge in [0.05, 0.1) is 6.10 Å². The summed E-state index contributed by atoms with van der Waals surface area (Å²) >= 11 is 0. The summed E-state index contributed by atoms with van der Waals surface area (Å²) in [5, 5.41) is 9.96. The predicted octanol–water partition coefficient (Wildman–Crippen LogP) is 4.28. The van der Waals surface area contributed by atoms with Crippen molar-refractivity contribution in [2.45, 2.75) is 45.1 Å². The second-order valence-electron chi connectivity index (χ2n) is 4.61. The fourth-order valence-corrected chi connectivity index (χ4v) is 2.01. The zero-order valence-corrected chi connectivity index (χ0v) is 11.3. The number of hydrogen-bond donors (Lipinski definition) is 1. The van der Waals surface area contributed by atoms with Crippen molar-refractivity contribution in [3.8, 4) is 0 Å². The van der Waals surface area contributed by atoms with Gasteiger partial charge in [-0.1, -0.05) is 61.6 Å². The van der Waals surface area contributed by atoms with E-state index in [0.29, 0.717) is 0 Å². The molecule has 0 saturated heterocycles. The molecule has 0 aromatic heterocycles. The van der Waals surface area contributed by atoms with Crippen LogP contribution in [0, 0.1) is 0 Å². The minimum absolute atomic E-state index is 0.217. The minimum Gasteiger partial charge on any atom is -0.393 e. The number of benzene rings is 1. The highest BCUT2D eigenvalue weighted by Crippen LogP contribution is 2.13. The Morgan fingerprint density at radius 1 is 1.28 bits per heavy atom. The van der Waals surface area contributed by atoms with Gasteiger partial charge in [-0.05, 0) is 37.7 Å². The summed E-state index contributed by atoms with van der Waals surface area (Å²) in [5.74, 6) is 0. The Morgan fingerprint density at radius 3 is 2.61 bits per heavy atom. The van der Waals surface area contributed by atoms with Gasteiger partial charge in [-0.3, -0.25) is 0 Å². The molecule has 0 spiro atoms. The first-order chi connectivity index (χ1) is 8.76. The Kier molecular flexibility index (Phi) is 7.12. The molecule has 0 amide bonds. The predicted molar refractivity (Wildman–Crippen MR) is 78.6 cm³/mol. The molecule has 0 aliphatic carbocycles. The van der Waals surface area contributed by atoms with Crippen molar-refractivity contribution in [2.24, 2.45) is 0 Å². The SMILES string of the molecule is C=C/C(=C\CC)CCC(O)CCc1ccccc1. The first kappa shape index (κ1) is 14.7. The van der Waals surface area contributed by atoms with E-state index in [4.69, 9.17) is 0 Å². The topological polar surface area (TPSA) is 20.2 Å². The Hall–Kier alpha value is -1.34. The molecule has 1 atom stereocenters. The summed E-state index contributed by atoms with van der Waals surface area (Å²) in [4.78, 5) is 0. The smallest absolute Gasteiger partial charge is 0.0546 e. The van der Waals surface area contributed by atoms with E-state index in [-0.39, 0.29) is 6.10 Å². The summed E-state index contributed by atoms with van der Waals surface area (Å²) in [7, 11) is 0. The van der Waals surface area contributed by atoms with E-state index < -0.39 is 0 Å². The van der Waals surface area contributed by atoms with Gasteiger partial charge in [-0.2, -0.15) is 0 Å². The molecule has 1 aromatic rings. The van der Waals surface area contributed by atoms with Crippen molar-refractivity contribution in [3.63, 3.8) is 0 Å². The fraction of sp³-hybridized carbons (Fsp3) is 0.412. The van der Waals surface area contributed by atoms with E-state index in [1.807, 2.05) is 24.3 Å². The minimum atomic E-state index is -0.217. The van der Waals surface area contributed by atoms with Gasteiger partial charge in [0, 0.05) is 0 Å². The molecule has 1 unspecified atom stereocenters. The molecular weight excluding hydrogens is 220 g/mol. The van der Waals surface area contributed by atoms with Crippen LogP contribution >= 0.6 is 0 Å². The maximum absolute atomic E-state index is 9.96. The molecule has 98 valence electrons. The molecular formula is C17H24O. The lowest BCUT2D eigenvalue weighted by Crippen LogP contribution is -2.08. The van der Waals surface area contributed by atoms with E-state index in [1.165, 1.54) is 11.1 Å². The molecule has 0 saturated carbocycles. The Bertz CT molecular complexity index is 364. The van der Waals surface area contributed by atoms with Gasteiger partial charge in [-0.15, -0.1) is 0 Å². The number of rotatable bonds is 8. The average Bonchev–Trinajstić information content (AvgIpc) is 2.42. The van der Waals surface area contributed by atoms with Crippen LogP contribution in [0.4, 0.5) is 0 Å². The molecule has 18 heavy (non-hydrogen) atoms. The highest BCUT2D eigenvalue weighted by molar-refractivity contribution is 5.16. The average molecular weight is 244 g/mol. The maximum atomic E-state index is 9.96. The van der Waals surface area contributed by atoms with Crippen molar-refractivity contribution in [1.82, 2.24) is 0 Å². The molecule has 0 fully saturated rings. The second-order valence-corrected chi connectivity index (χ2v) is 4.61. The fourth-order valence-electron chi connectivity index (χ4n) is 2.01. The van der Waals surface area contributed by atoms with Crippen LogP contribution < -0.4 is 0 Å². The lowest BCUT2D eigenvalue weighted by molar-refractivity contribution is 0.155. The zero-order valence-electron chi connectivity index (χ0n) is 11.3. The van der Waals surface area contributed by atoms with Gasteiger partial charge in [0.25, 0.3) is 0 Å². The van der Waals surface area contributed by atoms with Crippen LogP contribution in [-0.4, -0.2) is 11.2 Å². The number of hydrogen-bond acceptors (Lipinski definition) is 1.